The Morgan fingerprint density at radius 1 is 1.40 bits per heavy atom. The summed E-state index contributed by atoms with van der Waals surface area (Å²) < 4.78 is 0. The molecule has 0 spiro atoms. The molecule has 4 nitrogen and oxygen atoms in total. The van der Waals surface area contributed by atoms with Gasteiger partial charge in [0.15, 0.2) is 0 Å². The first-order chi connectivity index (χ1) is 9.28. The van der Waals surface area contributed by atoms with Gasteiger partial charge in [-0.25, -0.2) is 4.79 Å². The van der Waals surface area contributed by atoms with E-state index in [1.165, 1.54) is 0 Å². The van der Waals surface area contributed by atoms with Crippen LogP contribution >= 0.6 is 11.3 Å². The Morgan fingerprint density at radius 2 is 2.10 bits per heavy atom. The molecule has 0 aromatic carbocycles. The van der Waals surface area contributed by atoms with Crippen LogP contribution in [0.15, 0.2) is 16.8 Å². The number of carbonyl (C=O) groups is 2. The van der Waals surface area contributed by atoms with E-state index >= 15 is 0 Å². The van der Waals surface area contributed by atoms with E-state index in [-0.39, 0.29) is 11.3 Å². The van der Waals surface area contributed by atoms with Crippen molar-refractivity contribution in [3.05, 3.63) is 22.4 Å². The van der Waals surface area contributed by atoms with E-state index in [1.807, 2.05) is 16.8 Å². The molecule has 1 unspecified atom stereocenters. The molecule has 0 aliphatic carbocycles. The average Bonchev–Trinajstić information content (AvgIpc) is 2.83. The lowest BCUT2D eigenvalue weighted by Crippen LogP contribution is -2.41. The summed E-state index contributed by atoms with van der Waals surface area (Å²) in [7, 11) is 0. The Bertz CT molecular complexity index is 434. The molecule has 0 saturated carbocycles. The van der Waals surface area contributed by atoms with Gasteiger partial charge >= 0.3 is 5.97 Å². The number of rotatable bonds is 7. The Morgan fingerprint density at radius 3 is 2.60 bits per heavy atom. The standard InChI is InChI=1S/C15H23NO3S/c1-15(2,3)8-6-12(14(18)19)16-13(17)5-4-11-7-9-20-10-11/h7,9-10,12H,4-6,8H2,1-3H3,(H,16,17)(H,18,19). The molecule has 0 aliphatic heterocycles. The molecule has 112 valence electrons. The van der Waals surface area contributed by atoms with Crippen LogP contribution in [0.4, 0.5) is 0 Å². The van der Waals surface area contributed by atoms with Crippen molar-refractivity contribution in [2.45, 2.75) is 52.5 Å². The van der Waals surface area contributed by atoms with E-state index in [4.69, 9.17) is 5.11 Å². The van der Waals surface area contributed by atoms with Gasteiger partial charge in [0.2, 0.25) is 5.91 Å². The molecule has 5 heteroatoms. The van der Waals surface area contributed by atoms with E-state index in [9.17, 15) is 9.59 Å². The lowest BCUT2D eigenvalue weighted by atomic mass is 9.88. The molecule has 1 aromatic rings. The molecule has 0 fully saturated rings. The van der Waals surface area contributed by atoms with Crippen LogP contribution in [0.3, 0.4) is 0 Å². The highest BCUT2D eigenvalue weighted by Crippen LogP contribution is 2.21. The van der Waals surface area contributed by atoms with Gasteiger partial charge in [-0.2, -0.15) is 11.3 Å². The minimum Gasteiger partial charge on any atom is -0.480 e. The number of carboxylic acids is 1. The molecule has 1 atom stereocenters. The first-order valence-electron chi connectivity index (χ1n) is 6.81. The van der Waals surface area contributed by atoms with Crippen molar-refractivity contribution in [1.29, 1.82) is 0 Å². The van der Waals surface area contributed by atoms with Crippen LogP contribution in [0.2, 0.25) is 0 Å². The Balaban J connectivity index is 2.40. The van der Waals surface area contributed by atoms with Crippen LogP contribution in [0, 0.1) is 5.41 Å². The van der Waals surface area contributed by atoms with Gasteiger partial charge < -0.3 is 10.4 Å². The largest absolute Gasteiger partial charge is 0.480 e. The van der Waals surface area contributed by atoms with Crippen molar-refractivity contribution in [3.8, 4) is 0 Å². The van der Waals surface area contributed by atoms with Gasteiger partial charge in [0.05, 0.1) is 0 Å². The van der Waals surface area contributed by atoms with E-state index in [1.54, 1.807) is 11.3 Å². The first-order valence-corrected chi connectivity index (χ1v) is 7.75. The van der Waals surface area contributed by atoms with Crippen molar-refractivity contribution in [2.75, 3.05) is 0 Å². The van der Waals surface area contributed by atoms with Crippen LogP contribution in [-0.4, -0.2) is 23.0 Å². The number of aryl methyl sites for hydroxylation is 1. The summed E-state index contributed by atoms with van der Waals surface area (Å²) in [5, 5.41) is 15.7. The molecule has 0 bridgehead atoms. The van der Waals surface area contributed by atoms with Crippen LogP contribution in [0.1, 0.15) is 45.6 Å². The third-order valence-electron chi connectivity index (χ3n) is 3.04. The topological polar surface area (TPSA) is 66.4 Å². The molecule has 0 aliphatic rings. The lowest BCUT2D eigenvalue weighted by Gasteiger charge is -2.21. The van der Waals surface area contributed by atoms with Crippen LogP contribution in [-0.2, 0) is 16.0 Å². The second kappa shape index (κ2) is 7.43. The van der Waals surface area contributed by atoms with Crippen LogP contribution in [0.25, 0.3) is 0 Å². The van der Waals surface area contributed by atoms with Gasteiger partial charge in [-0.3, -0.25) is 4.79 Å². The van der Waals surface area contributed by atoms with E-state index in [0.717, 1.165) is 12.0 Å². The second-order valence-electron chi connectivity index (χ2n) is 6.19. The Kier molecular flexibility index (Phi) is 6.20. The molecule has 1 heterocycles. The summed E-state index contributed by atoms with van der Waals surface area (Å²) in [5.41, 5.74) is 1.18. The van der Waals surface area contributed by atoms with Crippen molar-refractivity contribution in [1.82, 2.24) is 5.32 Å². The number of aliphatic carboxylic acids is 1. The van der Waals surface area contributed by atoms with Crippen molar-refractivity contribution in [3.63, 3.8) is 0 Å². The third-order valence-corrected chi connectivity index (χ3v) is 3.77. The van der Waals surface area contributed by atoms with Gasteiger partial charge in [0.25, 0.3) is 0 Å². The summed E-state index contributed by atoms with van der Waals surface area (Å²) in [6.07, 6.45) is 2.20. The predicted octanol–water partition coefficient (Wildman–Crippen LogP) is 3.08. The number of carboxylic acid groups (broad SMARTS) is 1. The predicted molar refractivity (Wildman–Crippen MR) is 80.9 cm³/mol. The monoisotopic (exact) mass is 297 g/mol. The van der Waals surface area contributed by atoms with E-state index < -0.39 is 12.0 Å². The Labute approximate surface area is 124 Å². The number of amides is 1. The molecular weight excluding hydrogens is 274 g/mol. The van der Waals surface area contributed by atoms with E-state index in [0.29, 0.717) is 19.3 Å². The van der Waals surface area contributed by atoms with Gasteiger partial charge in [-0.15, -0.1) is 0 Å². The number of nitrogens with one attached hydrogen (secondary N) is 1. The smallest absolute Gasteiger partial charge is 0.326 e. The minimum absolute atomic E-state index is 0.0646. The van der Waals surface area contributed by atoms with Gasteiger partial charge in [0.1, 0.15) is 6.04 Å². The zero-order valence-electron chi connectivity index (χ0n) is 12.3. The zero-order valence-corrected chi connectivity index (χ0v) is 13.1. The summed E-state index contributed by atoms with van der Waals surface area (Å²) in [6, 6.07) is 1.19. The fraction of sp³-hybridized carbons (Fsp3) is 0.600. The fourth-order valence-corrected chi connectivity index (χ4v) is 2.50. The molecule has 0 saturated heterocycles. The minimum atomic E-state index is -0.960. The normalized spacial score (nSPS) is 12.9. The van der Waals surface area contributed by atoms with Crippen molar-refractivity contribution >= 4 is 23.2 Å². The average molecular weight is 297 g/mol. The highest BCUT2D eigenvalue weighted by molar-refractivity contribution is 7.07. The number of thiophene rings is 1. The van der Waals surface area contributed by atoms with E-state index in [2.05, 4.69) is 26.1 Å². The summed E-state index contributed by atoms with van der Waals surface area (Å²) in [5.74, 6) is -1.16. The highest BCUT2D eigenvalue weighted by Gasteiger charge is 2.22. The van der Waals surface area contributed by atoms with Crippen LogP contribution < -0.4 is 5.32 Å². The summed E-state index contributed by atoms with van der Waals surface area (Å²) in [4.78, 5) is 23.0. The van der Waals surface area contributed by atoms with Gasteiger partial charge in [0, 0.05) is 6.42 Å². The summed E-state index contributed by atoms with van der Waals surface area (Å²) >= 11 is 1.60. The SMILES string of the molecule is CC(C)(C)CCC(NC(=O)CCc1ccsc1)C(=O)O. The fourth-order valence-electron chi connectivity index (χ4n) is 1.79. The molecule has 1 aromatic heterocycles. The van der Waals surface area contributed by atoms with Gasteiger partial charge in [-0.1, -0.05) is 20.8 Å². The second-order valence-corrected chi connectivity index (χ2v) is 6.97. The molecule has 1 amide bonds. The number of hydrogen-bond acceptors (Lipinski definition) is 3. The van der Waals surface area contributed by atoms with Crippen molar-refractivity contribution < 1.29 is 14.7 Å². The Hall–Kier alpha value is -1.36. The van der Waals surface area contributed by atoms with Crippen LogP contribution in [0.5, 0.6) is 0 Å². The van der Waals surface area contributed by atoms with Gasteiger partial charge in [-0.05, 0) is 47.1 Å². The number of carbonyl (C=O) groups excluding carboxylic acids is 1. The zero-order chi connectivity index (χ0) is 15.2. The molecule has 1 rings (SSSR count). The lowest BCUT2D eigenvalue weighted by molar-refractivity contribution is -0.142. The molecule has 2 N–H and O–H groups in total. The quantitative estimate of drug-likeness (QED) is 0.813. The summed E-state index contributed by atoms with van der Waals surface area (Å²) in [6.45, 7) is 6.18. The third kappa shape index (κ3) is 6.70. The maximum absolute atomic E-state index is 11.8. The molecule has 20 heavy (non-hydrogen) atoms. The molecular formula is C15H23NO3S. The highest BCUT2D eigenvalue weighted by atomic mass is 32.1. The number of hydrogen-bond donors (Lipinski definition) is 2. The first kappa shape index (κ1) is 16.7. The maximum Gasteiger partial charge on any atom is 0.326 e. The maximum atomic E-state index is 11.8. The molecule has 0 radical (unpaired) electrons. The van der Waals surface area contributed by atoms with Crippen molar-refractivity contribution in [2.24, 2.45) is 5.41 Å².